The van der Waals surface area contributed by atoms with E-state index in [4.69, 9.17) is 10.5 Å². The van der Waals surface area contributed by atoms with Crippen LogP contribution in [0.5, 0.6) is 0 Å². The van der Waals surface area contributed by atoms with Gasteiger partial charge in [-0.1, -0.05) is 0 Å². The van der Waals surface area contributed by atoms with Gasteiger partial charge in [-0.25, -0.2) is 15.0 Å². The zero-order valence-electron chi connectivity index (χ0n) is 11.6. The molecule has 1 rings (SSSR count). The second-order valence-electron chi connectivity index (χ2n) is 4.99. The first-order valence-electron chi connectivity index (χ1n) is 5.92. The molecule has 0 bridgehead atoms. The van der Waals surface area contributed by atoms with E-state index < -0.39 is 17.6 Å². The van der Waals surface area contributed by atoms with Crippen molar-refractivity contribution in [3.63, 3.8) is 0 Å². The van der Waals surface area contributed by atoms with Crippen LogP contribution in [0.2, 0.25) is 0 Å². The Morgan fingerprint density at radius 2 is 2.15 bits per heavy atom. The summed E-state index contributed by atoms with van der Waals surface area (Å²) in [7, 11) is 0. The maximum atomic E-state index is 11.9. The van der Waals surface area contributed by atoms with E-state index in [-0.39, 0.29) is 12.2 Å². The Kier molecular flexibility index (Phi) is 4.73. The van der Waals surface area contributed by atoms with Gasteiger partial charge in [0.2, 0.25) is 0 Å². The molecule has 0 saturated carbocycles. The monoisotopic (exact) mass is 282 g/mol. The number of nitrogens with zero attached hydrogens (tertiary/aromatic N) is 2. The fraction of sp³-hybridized carbons (Fsp3) is 0.417. The molecule has 0 unspecified atom stereocenters. The number of nitrogens with two attached hydrogens (primary N) is 1. The van der Waals surface area contributed by atoms with Crippen LogP contribution in [0, 0.1) is 0 Å². The van der Waals surface area contributed by atoms with Gasteiger partial charge in [0, 0.05) is 6.20 Å². The third-order valence-corrected chi connectivity index (χ3v) is 2.10. The first-order chi connectivity index (χ1) is 9.24. The number of ether oxygens (including phenoxy) is 1. The summed E-state index contributed by atoms with van der Waals surface area (Å²) in [6, 6.07) is 3.05. The lowest BCUT2D eigenvalue weighted by atomic mass is 10.2. The highest BCUT2D eigenvalue weighted by atomic mass is 16.6. The van der Waals surface area contributed by atoms with E-state index in [1.165, 1.54) is 16.9 Å². The molecule has 3 N–H and O–H groups in total. The number of nitrogens with one attached hydrogen (secondary N) is 1. The maximum Gasteiger partial charge on any atom is 0.430 e. The van der Waals surface area contributed by atoms with Crippen LogP contribution in [-0.2, 0) is 9.53 Å². The lowest BCUT2D eigenvalue weighted by molar-refractivity contribution is -0.108. The van der Waals surface area contributed by atoms with Crippen molar-refractivity contribution in [3.05, 3.63) is 24.0 Å². The van der Waals surface area contributed by atoms with Crippen LogP contribution < -0.4 is 11.3 Å². The quantitative estimate of drug-likeness (QED) is 0.603. The fourth-order valence-corrected chi connectivity index (χ4v) is 1.35. The Balaban J connectivity index is 2.86. The summed E-state index contributed by atoms with van der Waals surface area (Å²) in [5, 5.41) is 0.935. The van der Waals surface area contributed by atoms with E-state index in [0.717, 1.165) is 5.01 Å². The molecule has 20 heavy (non-hydrogen) atoms. The minimum atomic E-state index is -0.742. The predicted octanol–water partition coefficient (Wildman–Crippen LogP) is 0.481. The number of hydrazine groups is 1. The van der Waals surface area contributed by atoms with Gasteiger partial charge in [0.05, 0.1) is 0 Å². The van der Waals surface area contributed by atoms with Crippen molar-refractivity contribution in [1.82, 2.24) is 9.69 Å². The van der Waals surface area contributed by atoms with Gasteiger partial charge >= 0.3 is 6.09 Å². The van der Waals surface area contributed by atoms with Crippen LogP contribution in [0.25, 0.3) is 0 Å². The zero-order chi connectivity index (χ0) is 15.3. The van der Waals surface area contributed by atoms with Crippen LogP contribution in [0.3, 0.4) is 0 Å². The fourth-order valence-electron chi connectivity index (χ4n) is 1.35. The van der Waals surface area contributed by atoms with Gasteiger partial charge in [0.15, 0.2) is 0 Å². The molecule has 0 spiro atoms. The predicted molar refractivity (Wildman–Crippen MR) is 71.3 cm³/mol. The minimum absolute atomic E-state index is 0.143. The van der Waals surface area contributed by atoms with Crippen LogP contribution in [-0.4, -0.2) is 40.1 Å². The van der Waals surface area contributed by atoms with Gasteiger partial charge in [0.25, 0.3) is 5.91 Å². The molecule has 110 valence electrons. The summed E-state index contributed by atoms with van der Waals surface area (Å²) < 4.78 is 6.37. The number of carbonyl (C=O) groups excluding carboxylic acids is 3. The van der Waals surface area contributed by atoms with Crippen LogP contribution >= 0.6 is 0 Å². The van der Waals surface area contributed by atoms with Gasteiger partial charge in [-0.05, 0) is 32.9 Å². The van der Waals surface area contributed by atoms with Gasteiger partial charge in [-0.3, -0.25) is 4.79 Å². The molecule has 0 radical (unpaired) electrons. The molecule has 2 amide bonds. The van der Waals surface area contributed by atoms with Crippen molar-refractivity contribution in [2.75, 3.05) is 12.1 Å². The lowest BCUT2D eigenvalue weighted by Crippen LogP contribution is -2.45. The summed E-state index contributed by atoms with van der Waals surface area (Å²) in [5.74, 6) is -0.669. The molecule has 0 aliphatic rings. The Morgan fingerprint density at radius 1 is 1.50 bits per heavy atom. The zero-order valence-corrected chi connectivity index (χ0v) is 11.6. The molecule has 8 heteroatoms. The van der Waals surface area contributed by atoms with E-state index in [2.05, 4.69) is 5.53 Å². The largest absolute Gasteiger partial charge is 0.442 e. The number of primary amides is 1. The molecular weight excluding hydrogens is 264 g/mol. The molecule has 0 aliphatic carbocycles. The normalized spacial score (nSPS) is 10.8. The second-order valence-corrected chi connectivity index (χ2v) is 4.99. The van der Waals surface area contributed by atoms with Crippen molar-refractivity contribution in [2.45, 2.75) is 26.4 Å². The van der Waals surface area contributed by atoms with E-state index in [1.807, 2.05) is 0 Å². The Labute approximate surface area is 116 Å². The van der Waals surface area contributed by atoms with E-state index in [9.17, 15) is 14.4 Å². The topological polar surface area (TPSA) is 107 Å². The van der Waals surface area contributed by atoms with Crippen molar-refractivity contribution in [1.29, 1.82) is 0 Å². The van der Waals surface area contributed by atoms with Crippen LogP contribution in [0.1, 0.15) is 31.3 Å². The molecule has 1 aromatic heterocycles. The molecule has 0 saturated heterocycles. The van der Waals surface area contributed by atoms with Crippen LogP contribution in [0.4, 0.5) is 4.79 Å². The summed E-state index contributed by atoms with van der Waals surface area (Å²) in [6.07, 6.45) is 1.28. The first-order valence-corrected chi connectivity index (χ1v) is 5.92. The van der Waals surface area contributed by atoms with Crippen molar-refractivity contribution in [2.24, 2.45) is 5.73 Å². The average Bonchev–Trinajstić information content (AvgIpc) is 2.74. The van der Waals surface area contributed by atoms with Crippen molar-refractivity contribution in [3.8, 4) is 0 Å². The smallest absolute Gasteiger partial charge is 0.430 e. The first kappa shape index (κ1) is 15.5. The molecule has 1 aromatic rings. The summed E-state index contributed by atoms with van der Waals surface area (Å²) in [4.78, 5) is 33.7. The highest BCUT2D eigenvalue weighted by molar-refractivity contribution is 5.91. The Hall–Kier alpha value is -2.51. The summed E-state index contributed by atoms with van der Waals surface area (Å²) >= 11 is 0. The average molecular weight is 282 g/mol. The highest BCUT2D eigenvalue weighted by Crippen LogP contribution is 2.09. The number of hydrogen-bond donors (Lipinski definition) is 2. The highest BCUT2D eigenvalue weighted by Gasteiger charge is 2.22. The number of rotatable bonds is 5. The molecule has 0 fully saturated rings. The molecule has 8 nitrogen and oxygen atoms in total. The summed E-state index contributed by atoms with van der Waals surface area (Å²) in [5.41, 5.74) is 7.20. The SMILES string of the molecule is CC(C)(C)OC(=O)N(CC=O)Nn1cccc1C(N)=O. The third kappa shape index (κ3) is 4.30. The molecule has 0 aliphatic heterocycles. The Morgan fingerprint density at radius 3 is 2.65 bits per heavy atom. The minimum Gasteiger partial charge on any atom is -0.442 e. The number of aldehydes is 1. The van der Waals surface area contributed by atoms with Gasteiger partial charge < -0.3 is 15.3 Å². The van der Waals surface area contributed by atoms with Crippen molar-refractivity contribution >= 4 is 18.3 Å². The second kappa shape index (κ2) is 6.09. The maximum absolute atomic E-state index is 11.9. The van der Waals surface area contributed by atoms with E-state index in [1.54, 1.807) is 26.8 Å². The van der Waals surface area contributed by atoms with Gasteiger partial charge in [-0.15, -0.1) is 0 Å². The number of amides is 2. The summed E-state index contributed by atoms with van der Waals surface area (Å²) in [6.45, 7) is 4.86. The molecular formula is C12H18N4O4. The van der Waals surface area contributed by atoms with Crippen LogP contribution in [0.15, 0.2) is 18.3 Å². The standard InChI is InChI=1S/C12H18N4O4/c1-12(2,3)20-11(19)16(7-8-17)14-15-6-4-5-9(15)10(13)18/h4-6,8,14H,7H2,1-3H3,(H2,13,18). The molecule has 0 aromatic carbocycles. The van der Waals surface area contributed by atoms with Gasteiger partial charge in [-0.2, -0.15) is 5.01 Å². The Bertz CT molecular complexity index is 504. The number of hydrogen-bond acceptors (Lipinski definition) is 5. The lowest BCUT2D eigenvalue weighted by Gasteiger charge is -2.27. The number of aromatic nitrogens is 1. The van der Waals surface area contributed by atoms with E-state index in [0.29, 0.717) is 6.29 Å². The molecule has 1 heterocycles. The third-order valence-electron chi connectivity index (χ3n) is 2.10. The van der Waals surface area contributed by atoms with E-state index >= 15 is 0 Å². The van der Waals surface area contributed by atoms with Crippen molar-refractivity contribution < 1.29 is 19.1 Å². The molecule has 0 atom stereocenters. The van der Waals surface area contributed by atoms with Gasteiger partial charge in [0.1, 0.15) is 24.1 Å². The number of carbonyl (C=O) groups is 3.